The average Bonchev–Trinajstić information content (AvgIpc) is 2.82. The van der Waals surface area contributed by atoms with Gasteiger partial charge in [-0.1, -0.05) is 66.7 Å². The van der Waals surface area contributed by atoms with Crippen LogP contribution in [-0.2, 0) is 33.4 Å². The zero-order valence-corrected chi connectivity index (χ0v) is 23.1. The summed E-state index contributed by atoms with van der Waals surface area (Å²) in [5.74, 6) is -2.73. The predicted molar refractivity (Wildman–Crippen MR) is 137 cm³/mol. The Morgan fingerprint density at radius 2 is 1.36 bits per heavy atom. The summed E-state index contributed by atoms with van der Waals surface area (Å²) < 4.78 is 16.3. The van der Waals surface area contributed by atoms with E-state index < -0.39 is 29.9 Å². The third kappa shape index (κ3) is 18.2. The monoisotopic (exact) mass is 515 g/mol. The molecule has 0 aromatic rings. The van der Waals surface area contributed by atoms with E-state index in [2.05, 4.69) is 6.92 Å². The number of carbonyl (C=O) groups excluding carboxylic acids is 3. The van der Waals surface area contributed by atoms with E-state index in [-0.39, 0.29) is 50.9 Å². The van der Waals surface area contributed by atoms with Gasteiger partial charge in [-0.3, -0.25) is 14.4 Å². The van der Waals surface area contributed by atoms with Crippen molar-refractivity contribution in [1.82, 2.24) is 4.90 Å². The Hall–Kier alpha value is -2.16. The first-order chi connectivity index (χ1) is 17.1. The van der Waals surface area contributed by atoms with Gasteiger partial charge in [0.15, 0.2) is 0 Å². The lowest BCUT2D eigenvalue weighted by Crippen LogP contribution is -2.48. The molecule has 0 bridgehead atoms. The fraction of sp³-hybridized carbons (Fsp3) is 0.852. The van der Waals surface area contributed by atoms with E-state index >= 15 is 0 Å². The predicted octanol–water partition coefficient (Wildman–Crippen LogP) is 4.60. The minimum absolute atomic E-state index is 0.0778. The van der Waals surface area contributed by atoms with Gasteiger partial charge in [0.2, 0.25) is 5.91 Å². The summed E-state index contributed by atoms with van der Waals surface area (Å²) in [5, 5.41) is 9.01. The van der Waals surface area contributed by atoms with Crippen LogP contribution in [0.5, 0.6) is 0 Å². The Morgan fingerprint density at radius 1 is 0.778 bits per heavy atom. The highest BCUT2D eigenvalue weighted by atomic mass is 16.5. The van der Waals surface area contributed by atoms with Gasteiger partial charge in [0, 0.05) is 26.2 Å². The number of carbonyl (C=O) groups is 4. The Labute approximate surface area is 217 Å². The third-order valence-electron chi connectivity index (χ3n) is 5.35. The van der Waals surface area contributed by atoms with Crippen molar-refractivity contribution in [3.05, 3.63) is 0 Å². The lowest BCUT2D eigenvalue weighted by atomic mass is 10.1. The molecule has 0 aliphatic carbocycles. The van der Waals surface area contributed by atoms with Crippen LogP contribution < -0.4 is 0 Å². The SMILES string of the molecule is CCCCCCCCOCCCN(C(=O)CCC(=O)O)[C@@H](CC(=O)OCC(C)C)C(=O)OCC(C)C. The number of aliphatic carboxylic acids is 1. The highest BCUT2D eigenvalue weighted by molar-refractivity contribution is 5.89. The molecule has 0 spiro atoms. The maximum atomic E-state index is 12.9. The van der Waals surface area contributed by atoms with Gasteiger partial charge in [-0.25, -0.2) is 4.79 Å². The molecule has 0 aromatic carbocycles. The van der Waals surface area contributed by atoms with Crippen LogP contribution in [0.25, 0.3) is 0 Å². The Bertz CT molecular complexity index is 635. The fourth-order valence-corrected chi connectivity index (χ4v) is 3.38. The van der Waals surface area contributed by atoms with Gasteiger partial charge in [-0.15, -0.1) is 0 Å². The second-order valence-corrected chi connectivity index (χ2v) is 10.0. The van der Waals surface area contributed by atoms with Gasteiger partial charge < -0.3 is 24.2 Å². The van der Waals surface area contributed by atoms with E-state index in [1.165, 1.54) is 30.6 Å². The molecule has 0 saturated heterocycles. The number of hydrogen-bond donors (Lipinski definition) is 1. The minimum Gasteiger partial charge on any atom is -0.481 e. The third-order valence-corrected chi connectivity index (χ3v) is 5.35. The van der Waals surface area contributed by atoms with Crippen LogP contribution in [0.4, 0.5) is 0 Å². The summed E-state index contributed by atoms with van der Waals surface area (Å²) in [6.45, 7) is 11.3. The molecule has 0 aliphatic rings. The summed E-state index contributed by atoms with van der Waals surface area (Å²) in [5.41, 5.74) is 0. The van der Waals surface area contributed by atoms with E-state index in [0.29, 0.717) is 19.6 Å². The van der Waals surface area contributed by atoms with Crippen molar-refractivity contribution >= 4 is 23.8 Å². The number of ether oxygens (including phenoxy) is 3. The highest BCUT2D eigenvalue weighted by Gasteiger charge is 2.33. The number of esters is 2. The van der Waals surface area contributed by atoms with Gasteiger partial charge in [0.25, 0.3) is 0 Å². The summed E-state index contributed by atoms with van der Waals surface area (Å²) >= 11 is 0. The topological polar surface area (TPSA) is 119 Å². The largest absolute Gasteiger partial charge is 0.481 e. The summed E-state index contributed by atoms with van der Waals surface area (Å²) in [6.07, 6.45) is 6.42. The number of carboxylic acids is 1. The minimum atomic E-state index is -1.18. The molecule has 0 heterocycles. The van der Waals surface area contributed by atoms with Gasteiger partial charge in [-0.2, -0.15) is 0 Å². The van der Waals surface area contributed by atoms with Crippen LogP contribution in [0.2, 0.25) is 0 Å². The van der Waals surface area contributed by atoms with Crippen LogP contribution >= 0.6 is 0 Å². The van der Waals surface area contributed by atoms with Crippen LogP contribution in [0.3, 0.4) is 0 Å². The van der Waals surface area contributed by atoms with E-state index in [9.17, 15) is 19.2 Å². The number of unbranched alkanes of at least 4 members (excludes halogenated alkanes) is 5. The molecule has 0 saturated carbocycles. The lowest BCUT2D eigenvalue weighted by Gasteiger charge is -2.30. The van der Waals surface area contributed by atoms with Gasteiger partial charge in [0.1, 0.15) is 6.04 Å². The smallest absolute Gasteiger partial charge is 0.329 e. The van der Waals surface area contributed by atoms with Gasteiger partial charge in [0.05, 0.1) is 26.1 Å². The normalized spacial score (nSPS) is 12.0. The van der Waals surface area contributed by atoms with Crippen molar-refractivity contribution in [2.24, 2.45) is 11.8 Å². The molecule has 1 amide bonds. The molecule has 9 nitrogen and oxygen atoms in total. The molecule has 9 heteroatoms. The molecule has 210 valence electrons. The molecule has 0 unspecified atom stereocenters. The Kier molecular flexibility index (Phi) is 19.7. The maximum Gasteiger partial charge on any atom is 0.329 e. The molecule has 0 rings (SSSR count). The van der Waals surface area contributed by atoms with E-state index in [1.807, 2.05) is 27.7 Å². The Balaban J connectivity index is 5.16. The fourth-order valence-electron chi connectivity index (χ4n) is 3.38. The number of carboxylic acid groups (broad SMARTS) is 1. The van der Waals surface area contributed by atoms with Crippen molar-refractivity contribution in [2.45, 2.75) is 105 Å². The first-order valence-electron chi connectivity index (χ1n) is 13.5. The van der Waals surface area contributed by atoms with Gasteiger partial charge in [-0.05, 0) is 24.7 Å². The molecule has 0 fully saturated rings. The maximum absolute atomic E-state index is 12.9. The number of rotatable bonds is 22. The molecule has 0 radical (unpaired) electrons. The molecule has 0 aromatic heterocycles. The second kappa shape index (κ2) is 21.0. The molecule has 1 atom stereocenters. The lowest BCUT2D eigenvalue weighted by molar-refractivity contribution is -0.161. The summed E-state index contributed by atoms with van der Waals surface area (Å²) in [6, 6.07) is -1.18. The Morgan fingerprint density at radius 3 is 1.97 bits per heavy atom. The first kappa shape index (κ1) is 33.8. The van der Waals surface area contributed by atoms with Crippen molar-refractivity contribution in [1.29, 1.82) is 0 Å². The van der Waals surface area contributed by atoms with Crippen molar-refractivity contribution < 1.29 is 38.5 Å². The summed E-state index contributed by atoms with van der Waals surface area (Å²) in [4.78, 5) is 50.6. The zero-order valence-electron chi connectivity index (χ0n) is 23.1. The molecular formula is C27H49NO8. The molecule has 36 heavy (non-hydrogen) atoms. The van der Waals surface area contributed by atoms with Gasteiger partial charge >= 0.3 is 17.9 Å². The average molecular weight is 516 g/mol. The van der Waals surface area contributed by atoms with Crippen molar-refractivity contribution in [2.75, 3.05) is 33.0 Å². The zero-order chi connectivity index (χ0) is 27.3. The quantitative estimate of drug-likeness (QED) is 0.164. The van der Waals surface area contributed by atoms with Crippen molar-refractivity contribution in [3.63, 3.8) is 0 Å². The molecular weight excluding hydrogens is 466 g/mol. The number of amides is 1. The van der Waals surface area contributed by atoms with Crippen LogP contribution in [0.15, 0.2) is 0 Å². The van der Waals surface area contributed by atoms with E-state index in [1.54, 1.807) is 0 Å². The van der Waals surface area contributed by atoms with E-state index in [0.717, 1.165) is 12.8 Å². The second-order valence-electron chi connectivity index (χ2n) is 10.0. The van der Waals surface area contributed by atoms with Crippen LogP contribution in [-0.4, -0.2) is 72.8 Å². The van der Waals surface area contributed by atoms with E-state index in [4.69, 9.17) is 19.3 Å². The number of nitrogens with zero attached hydrogens (tertiary/aromatic N) is 1. The molecule has 0 aliphatic heterocycles. The van der Waals surface area contributed by atoms with Crippen molar-refractivity contribution in [3.8, 4) is 0 Å². The highest BCUT2D eigenvalue weighted by Crippen LogP contribution is 2.14. The number of hydrogen-bond acceptors (Lipinski definition) is 7. The first-order valence-corrected chi connectivity index (χ1v) is 13.5. The standard InChI is InChI=1S/C27H49NO8/c1-6-7-8-9-10-11-16-34-17-12-15-28(24(29)13-14-25(30)31)23(27(33)36-20-22(4)5)18-26(32)35-19-21(2)3/h21-23H,6-20H2,1-5H3,(H,30,31)/t23-/m0/s1. The molecule has 1 N–H and O–H groups in total. The van der Waals surface area contributed by atoms with Crippen LogP contribution in [0.1, 0.15) is 98.8 Å². The summed E-state index contributed by atoms with van der Waals surface area (Å²) in [7, 11) is 0. The van der Waals surface area contributed by atoms with Crippen LogP contribution in [0, 0.1) is 11.8 Å².